The van der Waals surface area contributed by atoms with E-state index in [1.165, 1.54) is 0 Å². The average Bonchev–Trinajstić information content (AvgIpc) is 2.66. The van der Waals surface area contributed by atoms with E-state index in [1.807, 2.05) is 72.8 Å². The molecule has 0 heterocycles. The molecule has 0 saturated carbocycles. The van der Waals surface area contributed by atoms with Crippen LogP contribution in [0, 0.1) is 0 Å². The van der Waals surface area contributed by atoms with Crippen molar-refractivity contribution < 1.29 is 9.59 Å². The summed E-state index contributed by atoms with van der Waals surface area (Å²) in [5, 5.41) is 3.96. The minimum Gasteiger partial charge on any atom is -0.298 e. The van der Waals surface area contributed by atoms with Crippen molar-refractivity contribution in [2.24, 2.45) is 0 Å². The van der Waals surface area contributed by atoms with Crippen LogP contribution < -0.4 is 0 Å². The summed E-state index contributed by atoms with van der Waals surface area (Å²) < 4.78 is 0. The van der Waals surface area contributed by atoms with Crippen molar-refractivity contribution in [3.8, 4) is 11.1 Å². The minimum absolute atomic E-state index is 0.684. The molecule has 0 N–H and O–H groups in total. The van der Waals surface area contributed by atoms with E-state index in [-0.39, 0.29) is 0 Å². The lowest BCUT2D eigenvalue weighted by Crippen LogP contribution is -1.87. The van der Waals surface area contributed by atoms with Gasteiger partial charge in [-0.2, -0.15) is 0 Å². The van der Waals surface area contributed by atoms with Gasteiger partial charge in [0.25, 0.3) is 0 Å². The molecule has 0 fully saturated rings. The summed E-state index contributed by atoms with van der Waals surface area (Å²) in [7, 11) is 0. The molecule has 0 aliphatic carbocycles. The first-order valence-electron chi connectivity index (χ1n) is 7.76. The number of carbonyl (C=O) groups is 2. The maximum atomic E-state index is 11.3. The SMILES string of the molecule is O=Cc1cccc2ccc(-c3ccc4cccc(C=O)c4c3)cc12. The number of benzene rings is 4. The third-order valence-electron chi connectivity index (χ3n) is 4.42. The van der Waals surface area contributed by atoms with Gasteiger partial charge in [-0.3, -0.25) is 9.59 Å². The lowest BCUT2D eigenvalue weighted by Gasteiger charge is -2.08. The van der Waals surface area contributed by atoms with E-state index in [4.69, 9.17) is 0 Å². The molecule has 2 heteroatoms. The zero-order chi connectivity index (χ0) is 16.5. The van der Waals surface area contributed by atoms with Crippen LogP contribution in [0.15, 0.2) is 72.8 Å². The fourth-order valence-corrected chi connectivity index (χ4v) is 3.16. The Bertz CT molecular complexity index is 1000. The van der Waals surface area contributed by atoms with Gasteiger partial charge in [-0.1, -0.05) is 60.7 Å². The molecule has 24 heavy (non-hydrogen) atoms. The van der Waals surface area contributed by atoms with Gasteiger partial charge in [-0.05, 0) is 44.8 Å². The number of aldehydes is 2. The van der Waals surface area contributed by atoms with Gasteiger partial charge in [0.15, 0.2) is 12.6 Å². The summed E-state index contributed by atoms with van der Waals surface area (Å²) in [6.07, 6.45) is 1.77. The summed E-state index contributed by atoms with van der Waals surface area (Å²) >= 11 is 0. The summed E-state index contributed by atoms with van der Waals surface area (Å²) in [6, 6.07) is 23.6. The molecule has 0 aliphatic rings. The minimum atomic E-state index is 0.684. The molecule has 0 aliphatic heterocycles. The quantitative estimate of drug-likeness (QED) is 0.482. The first-order chi connectivity index (χ1) is 11.8. The van der Waals surface area contributed by atoms with Gasteiger partial charge in [0.1, 0.15) is 0 Å². The summed E-state index contributed by atoms with van der Waals surface area (Å²) in [5.41, 5.74) is 3.42. The normalized spacial score (nSPS) is 10.8. The van der Waals surface area contributed by atoms with Crippen molar-refractivity contribution >= 4 is 34.1 Å². The fraction of sp³-hybridized carbons (Fsp3) is 0. The lowest BCUT2D eigenvalue weighted by molar-refractivity contribution is 0.111. The van der Waals surface area contributed by atoms with E-state index < -0.39 is 0 Å². The highest BCUT2D eigenvalue weighted by Gasteiger charge is 2.06. The second-order valence-electron chi connectivity index (χ2n) is 5.80. The zero-order valence-corrected chi connectivity index (χ0v) is 12.9. The van der Waals surface area contributed by atoms with Crippen LogP contribution in [0.5, 0.6) is 0 Å². The average molecular weight is 310 g/mol. The van der Waals surface area contributed by atoms with Crippen LogP contribution >= 0.6 is 0 Å². The first-order valence-corrected chi connectivity index (χ1v) is 7.76. The van der Waals surface area contributed by atoms with Crippen molar-refractivity contribution in [1.29, 1.82) is 0 Å². The highest BCUT2D eigenvalue weighted by molar-refractivity contribution is 6.02. The van der Waals surface area contributed by atoms with Gasteiger partial charge in [-0.25, -0.2) is 0 Å². The Labute approximate surface area is 139 Å². The number of fused-ring (bicyclic) bond motifs is 2. The smallest absolute Gasteiger partial charge is 0.150 e. The Balaban J connectivity index is 1.95. The summed E-state index contributed by atoms with van der Waals surface area (Å²) in [5.74, 6) is 0. The molecule has 4 aromatic rings. The monoisotopic (exact) mass is 310 g/mol. The van der Waals surface area contributed by atoms with Gasteiger partial charge in [0.05, 0.1) is 0 Å². The van der Waals surface area contributed by atoms with Crippen molar-refractivity contribution in [3.05, 3.63) is 83.9 Å². The first kappa shape index (κ1) is 14.3. The van der Waals surface area contributed by atoms with Gasteiger partial charge in [-0.15, -0.1) is 0 Å². The largest absolute Gasteiger partial charge is 0.298 e. The summed E-state index contributed by atoms with van der Waals surface area (Å²) in [4.78, 5) is 22.6. The van der Waals surface area contributed by atoms with E-state index >= 15 is 0 Å². The van der Waals surface area contributed by atoms with Crippen LogP contribution in [-0.4, -0.2) is 12.6 Å². The molecule has 0 amide bonds. The Kier molecular flexibility index (Phi) is 3.43. The van der Waals surface area contributed by atoms with E-state index in [9.17, 15) is 9.59 Å². The van der Waals surface area contributed by atoms with Crippen molar-refractivity contribution in [2.45, 2.75) is 0 Å². The van der Waals surface area contributed by atoms with Crippen LogP contribution in [0.4, 0.5) is 0 Å². The van der Waals surface area contributed by atoms with Gasteiger partial charge < -0.3 is 0 Å². The third kappa shape index (κ3) is 2.29. The van der Waals surface area contributed by atoms with E-state index in [0.29, 0.717) is 11.1 Å². The van der Waals surface area contributed by atoms with Gasteiger partial charge in [0, 0.05) is 11.1 Å². The molecule has 114 valence electrons. The molecule has 0 atom stereocenters. The van der Waals surface area contributed by atoms with Crippen LogP contribution in [0.25, 0.3) is 32.7 Å². The maximum Gasteiger partial charge on any atom is 0.150 e. The molecule has 0 aromatic heterocycles. The second-order valence-corrected chi connectivity index (χ2v) is 5.80. The Morgan fingerprint density at radius 3 is 1.42 bits per heavy atom. The third-order valence-corrected chi connectivity index (χ3v) is 4.42. The molecule has 4 aromatic carbocycles. The predicted molar refractivity (Wildman–Crippen MR) is 97.7 cm³/mol. The second kappa shape index (κ2) is 5.74. The molecular weight excluding hydrogens is 296 g/mol. The predicted octanol–water partition coefficient (Wildman–Crippen LogP) is 5.29. The molecule has 0 unspecified atom stereocenters. The van der Waals surface area contributed by atoms with Crippen molar-refractivity contribution in [1.82, 2.24) is 0 Å². The number of hydrogen-bond acceptors (Lipinski definition) is 2. The maximum absolute atomic E-state index is 11.3. The van der Waals surface area contributed by atoms with Gasteiger partial charge >= 0.3 is 0 Å². The van der Waals surface area contributed by atoms with E-state index in [1.54, 1.807) is 0 Å². The van der Waals surface area contributed by atoms with E-state index in [2.05, 4.69) is 0 Å². The highest BCUT2D eigenvalue weighted by Crippen LogP contribution is 2.29. The number of rotatable bonds is 3. The molecule has 0 saturated heterocycles. The summed E-state index contributed by atoms with van der Waals surface area (Å²) in [6.45, 7) is 0. The Hall–Kier alpha value is -3.26. The number of carbonyl (C=O) groups excluding carboxylic acids is 2. The lowest BCUT2D eigenvalue weighted by atomic mass is 9.96. The van der Waals surface area contributed by atoms with Crippen molar-refractivity contribution in [2.75, 3.05) is 0 Å². The van der Waals surface area contributed by atoms with Crippen LogP contribution in [0.3, 0.4) is 0 Å². The Morgan fingerprint density at radius 2 is 1.00 bits per heavy atom. The van der Waals surface area contributed by atoms with E-state index in [0.717, 1.165) is 45.2 Å². The van der Waals surface area contributed by atoms with Crippen molar-refractivity contribution in [3.63, 3.8) is 0 Å². The molecule has 0 radical (unpaired) electrons. The Morgan fingerprint density at radius 1 is 0.542 bits per heavy atom. The van der Waals surface area contributed by atoms with Crippen LogP contribution in [-0.2, 0) is 0 Å². The van der Waals surface area contributed by atoms with Gasteiger partial charge in [0.2, 0.25) is 0 Å². The molecule has 4 rings (SSSR count). The molecule has 0 spiro atoms. The molecular formula is C22H14O2. The zero-order valence-electron chi connectivity index (χ0n) is 12.9. The number of hydrogen-bond donors (Lipinski definition) is 0. The molecule has 0 bridgehead atoms. The van der Waals surface area contributed by atoms with Crippen LogP contribution in [0.2, 0.25) is 0 Å². The van der Waals surface area contributed by atoms with Crippen LogP contribution in [0.1, 0.15) is 20.7 Å². The fourth-order valence-electron chi connectivity index (χ4n) is 3.16. The highest BCUT2D eigenvalue weighted by atomic mass is 16.1. The topological polar surface area (TPSA) is 34.1 Å². The molecule has 2 nitrogen and oxygen atoms in total. The standard InChI is InChI=1S/C22H14O2/c23-13-19-5-1-3-15-7-9-17(11-21(15)19)18-10-8-16-4-2-6-20(14-24)22(16)12-18/h1-14H.